The lowest BCUT2D eigenvalue weighted by Crippen LogP contribution is -2.34. The molecule has 0 bridgehead atoms. The third-order valence-corrected chi connectivity index (χ3v) is 4.05. The monoisotopic (exact) mass is 305 g/mol. The van der Waals surface area contributed by atoms with Crippen LogP contribution in [-0.4, -0.2) is 10.2 Å². The third kappa shape index (κ3) is 9.63. The molecule has 0 rings (SSSR count). The highest BCUT2D eigenvalue weighted by molar-refractivity contribution is 9.10. The van der Waals surface area contributed by atoms with Gasteiger partial charge in [0.05, 0.1) is 0 Å². The molecule has 2 N–H and O–H groups in total. The van der Waals surface area contributed by atoms with Crippen LogP contribution in [0, 0.1) is 0 Å². The number of hydrogen-bond donors (Lipinski definition) is 1. The Morgan fingerprint density at radius 2 is 1.41 bits per heavy atom. The fourth-order valence-electron chi connectivity index (χ4n) is 1.89. The molecule has 0 aliphatic heterocycles. The van der Waals surface area contributed by atoms with Crippen molar-refractivity contribution in [2.75, 3.05) is 0 Å². The van der Waals surface area contributed by atoms with E-state index < -0.39 is 4.32 Å². The molecule has 17 heavy (non-hydrogen) atoms. The van der Waals surface area contributed by atoms with E-state index in [0.29, 0.717) is 0 Å². The standard InChI is InChI=1S/C14H28BrNO/c1-3-4-5-6-7-8-9-10-11-12-14(2,15)13(16)17/h3-12H2,1-2H3,(H2,16,17). The number of amides is 1. The fourth-order valence-corrected chi connectivity index (χ4v) is 2.17. The Labute approximate surface area is 115 Å². The molecule has 0 aromatic rings. The van der Waals surface area contributed by atoms with Crippen molar-refractivity contribution in [3.05, 3.63) is 0 Å². The normalized spacial score (nSPS) is 14.5. The SMILES string of the molecule is CCCCCCCCCCCC(C)(Br)C(N)=O. The Bertz CT molecular complexity index is 204. The molecule has 0 aromatic carbocycles. The van der Waals surface area contributed by atoms with Gasteiger partial charge in [-0.05, 0) is 13.3 Å². The van der Waals surface area contributed by atoms with Gasteiger partial charge in [0, 0.05) is 0 Å². The van der Waals surface area contributed by atoms with Crippen molar-refractivity contribution in [3.8, 4) is 0 Å². The van der Waals surface area contributed by atoms with Crippen molar-refractivity contribution in [2.45, 2.75) is 82.4 Å². The molecule has 1 amide bonds. The van der Waals surface area contributed by atoms with Crippen LogP contribution in [0.4, 0.5) is 0 Å². The Hall–Kier alpha value is -0.0500. The van der Waals surface area contributed by atoms with Crippen molar-refractivity contribution in [3.63, 3.8) is 0 Å². The van der Waals surface area contributed by atoms with Gasteiger partial charge >= 0.3 is 0 Å². The van der Waals surface area contributed by atoms with Crippen molar-refractivity contribution in [2.24, 2.45) is 5.73 Å². The van der Waals surface area contributed by atoms with Gasteiger partial charge in [-0.3, -0.25) is 4.79 Å². The maximum absolute atomic E-state index is 11.1. The van der Waals surface area contributed by atoms with Gasteiger partial charge in [0.2, 0.25) is 5.91 Å². The van der Waals surface area contributed by atoms with E-state index in [0.717, 1.165) is 12.8 Å². The number of halogens is 1. The van der Waals surface area contributed by atoms with Gasteiger partial charge in [-0.15, -0.1) is 0 Å². The molecule has 102 valence electrons. The van der Waals surface area contributed by atoms with E-state index in [9.17, 15) is 4.79 Å². The van der Waals surface area contributed by atoms with Gasteiger partial charge < -0.3 is 5.73 Å². The molecule has 0 fully saturated rings. The maximum atomic E-state index is 11.1. The summed E-state index contributed by atoms with van der Waals surface area (Å²) in [4.78, 5) is 11.1. The van der Waals surface area contributed by atoms with E-state index in [-0.39, 0.29) is 5.91 Å². The van der Waals surface area contributed by atoms with Gasteiger partial charge in [0.25, 0.3) is 0 Å². The van der Waals surface area contributed by atoms with Crippen LogP contribution in [0.1, 0.15) is 78.1 Å². The van der Waals surface area contributed by atoms with Crippen molar-refractivity contribution in [1.29, 1.82) is 0 Å². The number of alkyl halides is 1. The Morgan fingerprint density at radius 3 is 1.82 bits per heavy atom. The van der Waals surface area contributed by atoms with E-state index in [4.69, 9.17) is 5.73 Å². The molecule has 0 heterocycles. The predicted octanol–water partition coefficient (Wildman–Crippen LogP) is 4.55. The van der Waals surface area contributed by atoms with Gasteiger partial charge in [-0.1, -0.05) is 80.6 Å². The second kappa shape index (κ2) is 9.93. The van der Waals surface area contributed by atoms with Gasteiger partial charge in [-0.2, -0.15) is 0 Å². The smallest absolute Gasteiger partial charge is 0.234 e. The molecule has 0 saturated carbocycles. The summed E-state index contributed by atoms with van der Waals surface area (Å²) in [5.41, 5.74) is 5.29. The number of rotatable bonds is 11. The lowest BCUT2D eigenvalue weighted by atomic mass is 10.0. The van der Waals surface area contributed by atoms with Crippen molar-refractivity contribution >= 4 is 21.8 Å². The molecule has 0 saturated heterocycles. The Morgan fingerprint density at radius 1 is 1.00 bits per heavy atom. The van der Waals surface area contributed by atoms with E-state index in [1.54, 1.807) is 0 Å². The maximum Gasteiger partial charge on any atom is 0.234 e. The zero-order chi connectivity index (χ0) is 13.1. The minimum atomic E-state index is -0.506. The number of unbranched alkanes of at least 4 members (excludes halogenated alkanes) is 8. The molecular formula is C14H28BrNO. The highest BCUT2D eigenvalue weighted by Gasteiger charge is 2.26. The summed E-state index contributed by atoms with van der Waals surface area (Å²) in [6.07, 6.45) is 12.6. The summed E-state index contributed by atoms with van der Waals surface area (Å²) in [5.74, 6) is -0.253. The van der Waals surface area contributed by atoms with Gasteiger partial charge in [0.1, 0.15) is 4.32 Å². The lowest BCUT2D eigenvalue weighted by molar-refractivity contribution is -0.119. The average molecular weight is 306 g/mol. The lowest BCUT2D eigenvalue weighted by Gasteiger charge is -2.17. The van der Waals surface area contributed by atoms with Crippen LogP contribution in [0.2, 0.25) is 0 Å². The molecule has 3 heteroatoms. The van der Waals surface area contributed by atoms with Crippen LogP contribution < -0.4 is 5.73 Å². The molecule has 0 spiro atoms. The predicted molar refractivity (Wildman–Crippen MR) is 78.4 cm³/mol. The number of carbonyl (C=O) groups is 1. The quantitative estimate of drug-likeness (QED) is 0.442. The van der Waals surface area contributed by atoms with Crippen LogP contribution >= 0.6 is 15.9 Å². The average Bonchev–Trinajstić information content (AvgIpc) is 2.26. The van der Waals surface area contributed by atoms with E-state index >= 15 is 0 Å². The first-order valence-corrected chi connectivity index (χ1v) is 7.79. The minimum absolute atomic E-state index is 0.253. The number of primary amides is 1. The van der Waals surface area contributed by atoms with Crippen molar-refractivity contribution in [1.82, 2.24) is 0 Å². The number of carbonyl (C=O) groups excluding carboxylic acids is 1. The largest absolute Gasteiger partial charge is 0.368 e. The molecular weight excluding hydrogens is 278 g/mol. The summed E-state index contributed by atoms with van der Waals surface area (Å²) in [6, 6.07) is 0. The number of hydrogen-bond acceptors (Lipinski definition) is 1. The summed E-state index contributed by atoms with van der Waals surface area (Å²) in [7, 11) is 0. The molecule has 0 radical (unpaired) electrons. The molecule has 0 aliphatic carbocycles. The van der Waals surface area contributed by atoms with Crippen LogP contribution in [0.25, 0.3) is 0 Å². The first-order valence-electron chi connectivity index (χ1n) is 6.99. The van der Waals surface area contributed by atoms with Gasteiger partial charge in [-0.25, -0.2) is 0 Å². The first kappa shape index (κ1) is 16.9. The zero-order valence-corrected chi connectivity index (χ0v) is 13.0. The third-order valence-electron chi connectivity index (χ3n) is 3.26. The summed E-state index contributed by atoms with van der Waals surface area (Å²) in [5, 5.41) is 0. The topological polar surface area (TPSA) is 43.1 Å². The van der Waals surface area contributed by atoms with Gasteiger partial charge in [0.15, 0.2) is 0 Å². The molecule has 1 unspecified atom stereocenters. The molecule has 0 aromatic heterocycles. The van der Waals surface area contributed by atoms with Crippen molar-refractivity contribution < 1.29 is 4.79 Å². The summed E-state index contributed by atoms with van der Waals surface area (Å²) < 4.78 is -0.506. The molecule has 1 atom stereocenters. The minimum Gasteiger partial charge on any atom is -0.368 e. The summed E-state index contributed by atoms with van der Waals surface area (Å²) in [6.45, 7) is 4.11. The number of nitrogens with two attached hydrogens (primary N) is 1. The molecule has 0 aliphatic rings. The van der Waals surface area contributed by atoms with Crippen LogP contribution in [0.15, 0.2) is 0 Å². The Kier molecular flexibility index (Phi) is 9.90. The summed E-state index contributed by atoms with van der Waals surface area (Å²) >= 11 is 3.38. The van der Waals surface area contributed by atoms with E-state index in [2.05, 4.69) is 22.9 Å². The second-order valence-electron chi connectivity index (χ2n) is 5.14. The van der Waals surface area contributed by atoms with Crippen LogP contribution in [-0.2, 0) is 4.79 Å². The van der Waals surface area contributed by atoms with E-state index in [1.807, 2.05) is 6.92 Å². The highest BCUT2D eigenvalue weighted by Crippen LogP contribution is 2.24. The highest BCUT2D eigenvalue weighted by atomic mass is 79.9. The second-order valence-corrected chi connectivity index (χ2v) is 6.89. The molecule has 2 nitrogen and oxygen atoms in total. The fraction of sp³-hybridized carbons (Fsp3) is 0.929. The Balaban J connectivity index is 3.27. The zero-order valence-electron chi connectivity index (χ0n) is 11.4. The van der Waals surface area contributed by atoms with E-state index in [1.165, 1.54) is 51.4 Å². The first-order chi connectivity index (χ1) is 8.00. The van der Waals surface area contributed by atoms with Crippen LogP contribution in [0.5, 0.6) is 0 Å². The van der Waals surface area contributed by atoms with Crippen LogP contribution in [0.3, 0.4) is 0 Å².